The van der Waals surface area contributed by atoms with Crippen LogP contribution in [-0.2, 0) is 16.8 Å². The van der Waals surface area contributed by atoms with E-state index in [0.29, 0.717) is 36.3 Å². The number of carbonyl (C=O) groups excluding carboxylic acids is 3. The lowest BCUT2D eigenvalue weighted by Gasteiger charge is -2.40. The fourth-order valence-electron chi connectivity index (χ4n) is 8.87. The van der Waals surface area contributed by atoms with E-state index in [1.54, 1.807) is 12.0 Å². The maximum atomic E-state index is 12.8. The molecule has 3 aliphatic rings. The van der Waals surface area contributed by atoms with Gasteiger partial charge in [-0.05, 0) is 78.8 Å². The van der Waals surface area contributed by atoms with Gasteiger partial charge in [-0.1, -0.05) is 50.2 Å². The molecule has 16 heteroatoms. The summed E-state index contributed by atoms with van der Waals surface area (Å²) in [6.45, 7) is 15.7. The van der Waals surface area contributed by atoms with E-state index in [-0.39, 0.29) is 29.5 Å². The molecule has 3 saturated heterocycles. The molecule has 0 saturated carbocycles. The molecule has 16 nitrogen and oxygen atoms in total. The first-order chi connectivity index (χ1) is 30.9. The third-order valence-electron chi connectivity index (χ3n) is 12.7. The molecule has 3 N–H and O–H groups in total. The number of fused-ring (bicyclic) bond motifs is 1. The lowest BCUT2D eigenvalue weighted by Crippen LogP contribution is -2.49. The quantitative estimate of drug-likeness (QED) is 0.126. The van der Waals surface area contributed by atoms with E-state index in [2.05, 4.69) is 88.1 Å². The zero-order valence-electron chi connectivity index (χ0n) is 37.1. The Labute approximate surface area is 372 Å². The largest absolute Gasteiger partial charge is 0.494 e. The molecule has 9 rings (SSSR count). The molecule has 3 fully saturated rings. The smallest absolute Gasteiger partial charge is 0.328 e. The Balaban J connectivity index is 0.764. The van der Waals surface area contributed by atoms with Gasteiger partial charge in [0, 0.05) is 111 Å². The lowest BCUT2D eigenvalue weighted by atomic mass is 9.95. The van der Waals surface area contributed by atoms with Crippen molar-refractivity contribution < 1.29 is 23.6 Å². The van der Waals surface area contributed by atoms with Gasteiger partial charge < -0.3 is 24.4 Å². The topological polar surface area (TPSA) is 178 Å². The SMILES string of the molecule is COc1cc(N2CCC(CN3CCN(c4ccc(-c5cnc6[nH]nc(-c7ccc(CNC(=O)c8noc(C(C)(C)C)n8)c(C)c7)c6c5)cc4)CC3)CC2)ccc1N1CCC(=O)NC1=O. The number of pyridine rings is 1. The molecule has 0 radical (unpaired) electrons. The van der Waals surface area contributed by atoms with Crippen molar-refractivity contribution in [3.63, 3.8) is 0 Å². The molecule has 3 aromatic carbocycles. The number of anilines is 3. The molecule has 0 unspecified atom stereocenters. The number of aryl methyl sites for hydroxylation is 1. The van der Waals surface area contributed by atoms with E-state index in [4.69, 9.17) is 14.2 Å². The maximum absolute atomic E-state index is 12.8. The van der Waals surface area contributed by atoms with Crippen LogP contribution in [0.5, 0.6) is 5.75 Å². The molecule has 332 valence electrons. The zero-order chi connectivity index (χ0) is 44.5. The monoisotopic (exact) mass is 865 g/mol. The Morgan fingerprint density at radius 1 is 0.875 bits per heavy atom. The molecule has 6 aromatic rings. The number of piperazine rings is 1. The second kappa shape index (κ2) is 17.8. The molecule has 0 aliphatic carbocycles. The van der Waals surface area contributed by atoms with E-state index in [0.717, 1.165) is 109 Å². The molecule has 4 amide bonds. The highest BCUT2D eigenvalue weighted by Crippen LogP contribution is 2.36. The van der Waals surface area contributed by atoms with Crippen LogP contribution in [0.2, 0.25) is 0 Å². The standard InChI is InChI=1S/C48H55N11O5/c1-30-24-33(6-7-34(30)27-50-45(61)44-52-46(64-55-44)48(2,3)4)42-38-25-35(28-49-43(38)54-53-42)32-8-10-36(11-9-32)58-22-20-56(21-23-58)29-31-14-17-57(18-15-31)37-12-13-39(40(26-37)63-5)59-19-16-41(60)51-47(59)62/h6-13,24-26,28,31H,14-23,27,29H2,1-5H3,(H,50,61)(H,49,53,54)(H,51,60,62). The van der Waals surface area contributed by atoms with Crippen molar-refractivity contribution in [1.29, 1.82) is 0 Å². The Hall–Kier alpha value is -6.81. The number of H-pyrrole nitrogens is 1. The van der Waals surface area contributed by atoms with Crippen molar-refractivity contribution in [2.75, 3.05) is 74.2 Å². The lowest BCUT2D eigenvalue weighted by molar-refractivity contribution is -0.120. The molecular formula is C48H55N11O5. The van der Waals surface area contributed by atoms with Crippen LogP contribution in [0, 0.1) is 12.8 Å². The molecular weight excluding hydrogens is 811 g/mol. The summed E-state index contributed by atoms with van der Waals surface area (Å²) in [4.78, 5) is 54.9. The van der Waals surface area contributed by atoms with Crippen molar-refractivity contribution in [2.24, 2.45) is 5.92 Å². The second-order valence-electron chi connectivity index (χ2n) is 18.1. The number of urea groups is 1. The maximum Gasteiger partial charge on any atom is 0.328 e. The van der Waals surface area contributed by atoms with Crippen molar-refractivity contribution in [3.8, 4) is 28.1 Å². The van der Waals surface area contributed by atoms with Crippen molar-refractivity contribution in [2.45, 2.75) is 58.9 Å². The molecule has 3 aromatic heterocycles. The first-order valence-corrected chi connectivity index (χ1v) is 22.1. The van der Waals surface area contributed by atoms with Gasteiger partial charge in [0.05, 0.1) is 12.8 Å². The number of nitrogens with one attached hydrogen (secondary N) is 3. The van der Waals surface area contributed by atoms with Crippen LogP contribution in [-0.4, -0.2) is 108 Å². The van der Waals surface area contributed by atoms with Crippen LogP contribution in [0.25, 0.3) is 33.4 Å². The van der Waals surface area contributed by atoms with Gasteiger partial charge in [0.25, 0.3) is 11.7 Å². The third-order valence-corrected chi connectivity index (χ3v) is 12.7. The average molecular weight is 866 g/mol. The van der Waals surface area contributed by atoms with Crippen LogP contribution in [0.4, 0.5) is 21.9 Å². The molecule has 0 spiro atoms. The van der Waals surface area contributed by atoms with Gasteiger partial charge in [0.1, 0.15) is 11.4 Å². The van der Waals surface area contributed by atoms with E-state index in [1.807, 2.05) is 58.2 Å². The average Bonchev–Trinajstić information content (AvgIpc) is 3.98. The fraction of sp³-hybridized carbons (Fsp3) is 0.396. The van der Waals surface area contributed by atoms with Gasteiger partial charge in [0.2, 0.25) is 11.8 Å². The van der Waals surface area contributed by atoms with Gasteiger partial charge in [-0.2, -0.15) is 10.1 Å². The van der Waals surface area contributed by atoms with Crippen LogP contribution in [0.15, 0.2) is 77.4 Å². The summed E-state index contributed by atoms with van der Waals surface area (Å²) in [5.41, 5.74) is 9.27. The summed E-state index contributed by atoms with van der Waals surface area (Å²) in [5.74, 6) is 1.09. The van der Waals surface area contributed by atoms with Gasteiger partial charge >= 0.3 is 6.03 Å². The summed E-state index contributed by atoms with van der Waals surface area (Å²) in [7, 11) is 1.62. The highest BCUT2D eigenvalue weighted by atomic mass is 16.5. The first-order valence-electron chi connectivity index (χ1n) is 22.1. The summed E-state index contributed by atoms with van der Waals surface area (Å²) in [5, 5.41) is 17.8. The summed E-state index contributed by atoms with van der Waals surface area (Å²) in [6, 6.07) is 22.6. The molecule has 0 atom stereocenters. The summed E-state index contributed by atoms with van der Waals surface area (Å²) >= 11 is 0. The van der Waals surface area contributed by atoms with E-state index >= 15 is 0 Å². The van der Waals surface area contributed by atoms with Gasteiger partial charge in [-0.15, -0.1) is 0 Å². The number of aromatic nitrogens is 5. The van der Waals surface area contributed by atoms with Crippen molar-refractivity contribution in [1.82, 2.24) is 40.9 Å². The normalized spacial score (nSPS) is 16.7. The zero-order valence-corrected chi connectivity index (χ0v) is 37.1. The number of aromatic amines is 1. The van der Waals surface area contributed by atoms with Crippen LogP contribution in [0.3, 0.4) is 0 Å². The number of imide groups is 1. The Bertz CT molecular complexity index is 2670. The molecule has 3 aliphatic heterocycles. The Morgan fingerprint density at radius 2 is 1.61 bits per heavy atom. The number of carbonyl (C=O) groups is 3. The number of methoxy groups -OCH3 is 1. The fourth-order valence-corrected chi connectivity index (χ4v) is 8.87. The summed E-state index contributed by atoms with van der Waals surface area (Å²) < 4.78 is 11.0. The minimum Gasteiger partial charge on any atom is -0.494 e. The molecule has 6 heterocycles. The number of benzene rings is 3. The minimum atomic E-state index is -0.411. The number of hydrogen-bond donors (Lipinski definition) is 3. The Morgan fingerprint density at radius 3 is 2.31 bits per heavy atom. The van der Waals surface area contributed by atoms with Crippen LogP contribution >= 0.6 is 0 Å². The number of amides is 4. The predicted octanol–water partition coefficient (Wildman–Crippen LogP) is 6.70. The minimum absolute atomic E-state index is 0.0245. The van der Waals surface area contributed by atoms with Crippen LogP contribution in [0.1, 0.15) is 67.7 Å². The Kier molecular flexibility index (Phi) is 11.8. The number of ether oxygens (including phenoxy) is 1. The van der Waals surface area contributed by atoms with Gasteiger partial charge in [-0.25, -0.2) is 9.78 Å². The second-order valence-corrected chi connectivity index (χ2v) is 18.1. The van der Waals surface area contributed by atoms with Crippen LogP contribution < -0.4 is 30.1 Å². The van der Waals surface area contributed by atoms with Crippen molar-refractivity contribution >= 4 is 45.9 Å². The molecule has 64 heavy (non-hydrogen) atoms. The van der Waals surface area contributed by atoms with Gasteiger partial charge in [0.15, 0.2) is 5.65 Å². The number of rotatable bonds is 11. The van der Waals surface area contributed by atoms with Gasteiger partial charge in [-0.3, -0.25) is 29.8 Å². The van der Waals surface area contributed by atoms with Crippen molar-refractivity contribution in [3.05, 3.63) is 95.8 Å². The summed E-state index contributed by atoms with van der Waals surface area (Å²) in [6.07, 6.45) is 4.41. The van der Waals surface area contributed by atoms with E-state index in [9.17, 15) is 14.4 Å². The highest BCUT2D eigenvalue weighted by Gasteiger charge is 2.29. The number of nitrogens with zero attached hydrogens (tertiary/aromatic N) is 8. The van der Waals surface area contributed by atoms with E-state index < -0.39 is 6.03 Å². The molecule has 0 bridgehead atoms. The number of piperidine rings is 1. The predicted molar refractivity (Wildman–Crippen MR) is 246 cm³/mol. The number of hydrogen-bond acceptors (Lipinski definition) is 12. The first kappa shape index (κ1) is 42.5. The highest BCUT2D eigenvalue weighted by molar-refractivity contribution is 6.06. The third kappa shape index (κ3) is 9.00. The van der Waals surface area contributed by atoms with E-state index in [1.165, 1.54) is 5.69 Å².